The van der Waals surface area contributed by atoms with Crippen LogP contribution in [0.3, 0.4) is 0 Å². The minimum atomic E-state index is -0.223. The molecular formula is C17H14BrN3O3. The molecule has 122 valence electrons. The molecule has 0 spiro atoms. The van der Waals surface area contributed by atoms with Gasteiger partial charge in [0.05, 0.1) is 24.8 Å². The van der Waals surface area contributed by atoms with Gasteiger partial charge in [0.2, 0.25) is 11.7 Å². The van der Waals surface area contributed by atoms with E-state index in [4.69, 9.17) is 9.26 Å². The molecule has 2 aromatic carbocycles. The number of benzene rings is 2. The van der Waals surface area contributed by atoms with E-state index in [-0.39, 0.29) is 12.5 Å². The number of carbonyl (C=O) groups excluding carboxylic acids is 1. The number of rotatable bonds is 5. The highest BCUT2D eigenvalue weighted by atomic mass is 79.9. The van der Waals surface area contributed by atoms with Crippen molar-refractivity contribution in [3.8, 4) is 17.1 Å². The van der Waals surface area contributed by atoms with Gasteiger partial charge in [-0.1, -0.05) is 29.4 Å². The summed E-state index contributed by atoms with van der Waals surface area (Å²) in [4.78, 5) is 16.5. The normalized spacial score (nSPS) is 10.4. The van der Waals surface area contributed by atoms with E-state index in [2.05, 4.69) is 31.4 Å². The molecule has 7 heteroatoms. The van der Waals surface area contributed by atoms with Crippen molar-refractivity contribution >= 4 is 21.8 Å². The fraction of sp³-hybridized carbons (Fsp3) is 0.118. The number of methoxy groups -OCH3 is 1. The summed E-state index contributed by atoms with van der Waals surface area (Å²) in [6, 6.07) is 14.6. The Bertz CT molecular complexity index is 864. The van der Waals surface area contributed by atoms with E-state index in [1.807, 2.05) is 30.3 Å². The Morgan fingerprint density at radius 3 is 2.75 bits per heavy atom. The number of hydrogen-bond donors (Lipinski definition) is 1. The van der Waals surface area contributed by atoms with Crippen LogP contribution in [-0.2, 0) is 6.54 Å². The zero-order valence-electron chi connectivity index (χ0n) is 12.8. The van der Waals surface area contributed by atoms with E-state index in [0.717, 1.165) is 10.0 Å². The predicted molar refractivity (Wildman–Crippen MR) is 91.6 cm³/mol. The molecule has 0 aliphatic rings. The van der Waals surface area contributed by atoms with Crippen LogP contribution in [0.5, 0.6) is 5.75 Å². The van der Waals surface area contributed by atoms with E-state index in [1.165, 1.54) is 0 Å². The lowest BCUT2D eigenvalue weighted by Crippen LogP contribution is -2.23. The summed E-state index contributed by atoms with van der Waals surface area (Å²) in [6.45, 7) is 0.141. The van der Waals surface area contributed by atoms with Gasteiger partial charge in [-0.25, -0.2) is 0 Å². The fourth-order valence-corrected chi connectivity index (χ4v) is 2.63. The molecule has 0 bridgehead atoms. The number of hydrogen-bond acceptors (Lipinski definition) is 5. The molecule has 0 radical (unpaired) electrons. The van der Waals surface area contributed by atoms with Crippen molar-refractivity contribution in [2.75, 3.05) is 7.11 Å². The molecule has 0 atom stereocenters. The zero-order valence-corrected chi connectivity index (χ0v) is 14.4. The number of aromatic nitrogens is 2. The van der Waals surface area contributed by atoms with Gasteiger partial charge in [0.25, 0.3) is 5.91 Å². The quantitative estimate of drug-likeness (QED) is 0.725. The van der Waals surface area contributed by atoms with Crippen LogP contribution in [0.15, 0.2) is 57.5 Å². The third-order valence-corrected chi connectivity index (χ3v) is 4.03. The van der Waals surface area contributed by atoms with Gasteiger partial charge < -0.3 is 14.6 Å². The Labute approximate surface area is 147 Å². The Morgan fingerprint density at radius 2 is 1.96 bits per heavy atom. The van der Waals surface area contributed by atoms with Crippen molar-refractivity contribution in [2.45, 2.75) is 6.54 Å². The molecule has 1 aromatic heterocycles. The van der Waals surface area contributed by atoms with Crippen molar-refractivity contribution in [1.29, 1.82) is 0 Å². The SMILES string of the molecule is COc1ccccc1-c1noc(CNC(=O)c2ccccc2Br)n1. The fourth-order valence-electron chi connectivity index (χ4n) is 2.16. The topological polar surface area (TPSA) is 77.3 Å². The third kappa shape index (κ3) is 3.46. The minimum Gasteiger partial charge on any atom is -0.496 e. The molecule has 6 nitrogen and oxygen atoms in total. The van der Waals surface area contributed by atoms with Crippen LogP contribution in [0.1, 0.15) is 16.2 Å². The summed E-state index contributed by atoms with van der Waals surface area (Å²) < 4.78 is 11.2. The van der Waals surface area contributed by atoms with Gasteiger partial charge >= 0.3 is 0 Å². The lowest BCUT2D eigenvalue weighted by molar-refractivity contribution is 0.0945. The lowest BCUT2D eigenvalue weighted by Gasteiger charge is -2.04. The standard InChI is InChI=1S/C17H14BrN3O3/c1-23-14-9-5-3-7-12(14)16-20-15(24-21-16)10-19-17(22)11-6-2-4-8-13(11)18/h2-9H,10H2,1H3,(H,19,22). The van der Waals surface area contributed by atoms with E-state index in [9.17, 15) is 4.79 Å². The van der Waals surface area contributed by atoms with Gasteiger partial charge in [0, 0.05) is 4.47 Å². The summed E-state index contributed by atoms with van der Waals surface area (Å²) in [5.41, 5.74) is 1.27. The van der Waals surface area contributed by atoms with E-state index >= 15 is 0 Å². The van der Waals surface area contributed by atoms with Crippen LogP contribution in [0.2, 0.25) is 0 Å². The first-order valence-electron chi connectivity index (χ1n) is 7.17. The summed E-state index contributed by atoms with van der Waals surface area (Å²) in [6.07, 6.45) is 0. The highest BCUT2D eigenvalue weighted by molar-refractivity contribution is 9.10. The van der Waals surface area contributed by atoms with Gasteiger partial charge in [0.1, 0.15) is 5.75 Å². The average Bonchev–Trinajstić information content (AvgIpc) is 3.09. The van der Waals surface area contributed by atoms with Crippen LogP contribution in [0.4, 0.5) is 0 Å². The monoisotopic (exact) mass is 387 g/mol. The largest absolute Gasteiger partial charge is 0.496 e. The van der Waals surface area contributed by atoms with E-state index in [1.54, 1.807) is 25.3 Å². The maximum absolute atomic E-state index is 12.2. The minimum absolute atomic E-state index is 0.141. The first-order chi connectivity index (χ1) is 11.7. The molecule has 0 saturated carbocycles. The molecule has 3 aromatic rings. The number of nitrogens with one attached hydrogen (secondary N) is 1. The summed E-state index contributed by atoms with van der Waals surface area (Å²) in [5.74, 6) is 1.16. The molecule has 1 heterocycles. The second-order valence-corrected chi connectivity index (χ2v) is 5.73. The number of carbonyl (C=O) groups is 1. The summed E-state index contributed by atoms with van der Waals surface area (Å²) >= 11 is 3.35. The Balaban J connectivity index is 1.71. The van der Waals surface area contributed by atoms with Gasteiger partial charge in [-0.05, 0) is 40.2 Å². The van der Waals surface area contributed by atoms with Crippen LogP contribution >= 0.6 is 15.9 Å². The van der Waals surface area contributed by atoms with Crippen molar-refractivity contribution < 1.29 is 14.1 Å². The number of ether oxygens (including phenoxy) is 1. The Hall–Kier alpha value is -2.67. The molecule has 0 unspecified atom stereocenters. The van der Waals surface area contributed by atoms with Crippen molar-refractivity contribution in [2.24, 2.45) is 0 Å². The van der Waals surface area contributed by atoms with Crippen LogP contribution < -0.4 is 10.1 Å². The number of para-hydroxylation sites is 1. The summed E-state index contributed by atoms with van der Waals surface area (Å²) in [5, 5.41) is 6.69. The molecule has 1 N–H and O–H groups in total. The first-order valence-corrected chi connectivity index (χ1v) is 7.97. The number of nitrogens with zero attached hydrogens (tertiary/aromatic N) is 2. The third-order valence-electron chi connectivity index (χ3n) is 3.33. The second-order valence-electron chi connectivity index (χ2n) is 4.87. The van der Waals surface area contributed by atoms with Crippen LogP contribution in [-0.4, -0.2) is 23.2 Å². The van der Waals surface area contributed by atoms with Crippen LogP contribution in [0.25, 0.3) is 11.4 Å². The molecule has 0 fully saturated rings. The van der Waals surface area contributed by atoms with Gasteiger partial charge in [0.15, 0.2) is 0 Å². The number of halogens is 1. The maximum atomic E-state index is 12.2. The van der Waals surface area contributed by atoms with E-state index in [0.29, 0.717) is 23.0 Å². The molecule has 0 aliphatic carbocycles. The van der Waals surface area contributed by atoms with Crippen molar-refractivity contribution in [3.63, 3.8) is 0 Å². The maximum Gasteiger partial charge on any atom is 0.252 e. The van der Waals surface area contributed by atoms with Crippen LogP contribution in [0, 0.1) is 0 Å². The zero-order chi connectivity index (χ0) is 16.9. The molecule has 3 rings (SSSR count). The summed E-state index contributed by atoms with van der Waals surface area (Å²) in [7, 11) is 1.58. The lowest BCUT2D eigenvalue weighted by atomic mass is 10.2. The molecule has 0 saturated heterocycles. The highest BCUT2D eigenvalue weighted by Gasteiger charge is 2.14. The highest BCUT2D eigenvalue weighted by Crippen LogP contribution is 2.27. The molecule has 24 heavy (non-hydrogen) atoms. The molecular weight excluding hydrogens is 374 g/mol. The van der Waals surface area contributed by atoms with Crippen molar-refractivity contribution in [3.05, 3.63) is 64.5 Å². The number of amides is 1. The Kier molecular flexibility index (Phi) is 4.90. The predicted octanol–water partition coefficient (Wildman–Crippen LogP) is 3.44. The first kappa shape index (κ1) is 16.2. The average molecular weight is 388 g/mol. The molecule has 0 aliphatic heterocycles. The second kappa shape index (κ2) is 7.27. The van der Waals surface area contributed by atoms with Gasteiger partial charge in [-0.3, -0.25) is 4.79 Å². The Morgan fingerprint density at radius 1 is 1.21 bits per heavy atom. The van der Waals surface area contributed by atoms with Crippen molar-refractivity contribution in [1.82, 2.24) is 15.5 Å². The van der Waals surface area contributed by atoms with E-state index < -0.39 is 0 Å². The smallest absolute Gasteiger partial charge is 0.252 e. The molecule has 1 amide bonds. The van der Waals surface area contributed by atoms with Gasteiger partial charge in [-0.2, -0.15) is 4.98 Å². The van der Waals surface area contributed by atoms with Gasteiger partial charge in [-0.15, -0.1) is 0 Å².